The predicted octanol–water partition coefficient (Wildman–Crippen LogP) is 4.33. The van der Waals surface area contributed by atoms with Crippen LogP contribution in [0.1, 0.15) is 72.6 Å². The molecule has 26 heavy (non-hydrogen) atoms. The molecule has 7 atom stereocenters. The van der Waals surface area contributed by atoms with E-state index >= 15 is 0 Å². The lowest BCUT2D eigenvalue weighted by molar-refractivity contribution is -0.133. The molecule has 3 heteroatoms. The molecule has 0 bridgehead atoms. The average molecular weight is 359 g/mol. The second-order valence-electron chi connectivity index (χ2n) is 10.7. The van der Waals surface area contributed by atoms with Crippen molar-refractivity contribution >= 4 is 12.1 Å². The van der Waals surface area contributed by atoms with Crippen LogP contribution in [0.4, 0.5) is 0 Å². The van der Waals surface area contributed by atoms with Crippen molar-refractivity contribution in [3.05, 3.63) is 11.6 Å². The third-order valence-corrected chi connectivity index (χ3v) is 9.19. The van der Waals surface area contributed by atoms with E-state index in [-0.39, 0.29) is 28.1 Å². The first-order valence-corrected chi connectivity index (χ1v) is 10.5. The fourth-order valence-corrected chi connectivity index (χ4v) is 7.83. The molecule has 0 aromatic heterocycles. The molecule has 3 fully saturated rings. The Hall–Kier alpha value is -0.960. The van der Waals surface area contributed by atoms with Crippen LogP contribution in [-0.4, -0.2) is 23.3 Å². The molecule has 0 heterocycles. The summed E-state index contributed by atoms with van der Waals surface area (Å²) in [6, 6.07) is 0. The van der Waals surface area contributed by atoms with E-state index in [2.05, 4.69) is 27.7 Å². The van der Waals surface area contributed by atoms with Gasteiger partial charge in [0.25, 0.3) is 0 Å². The van der Waals surface area contributed by atoms with Crippen LogP contribution in [0.3, 0.4) is 0 Å². The Morgan fingerprint density at radius 3 is 2.58 bits per heavy atom. The molecule has 3 saturated carbocycles. The van der Waals surface area contributed by atoms with Crippen molar-refractivity contribution in [1.82, 2.24) is 0 Å². The second-order valence-corrected chi connectivity index (χ2v) is 10.7. The first kappa shape index (κ1) is 18.4. The van der Waals surface area contributed by atoms with E-state index in [1.54, 1.807) is 0 Å². The minimum absolute atomic E-state index is 0.0808. The van der Waals surface area contributed by atoms with Crippen LogP contribution in [0.15, 0.2) is 11.6 Å². The fourth-order valence-electron chi connectivity index (χ4n) is 7.83. The highest BCUT2D eigenvalue weighted by Gasteiger charge is 2.62. The molecule has 1 N–H and O–H groups in total. The largest absolute Gasteiger partial charge is 0.392 e. The van der Waals surface area contributed by atoms with Gasteiger partial charge < -0.3 is 9.90 Å². The Morgan fingerprint density at radius 1 is 1.15 bits per heavy atom. The summed E-state index contributed by atoms with van der Waals surface area (Å²) >= 11 is 0. The summed E-state index contributed by atoms with van der Waals surface area (Å²) < 4.78 is 0. The molecule has 0 aromatic carbocycles. The first-order chi connectivity index (χ1) is 12.1. The highest BCUT2D eigenvalue weighted by atomic mass is 16.3. The minimum Gasteiger partial charge on any atom is -0.392 e. The maximum absolute atomic E-state index is 12.0. The van der Waals surface area contributed by atoms with Gasteiger partial charge in [-0.1, -0.05) is 33.3 Å². The van der Waals surface area contributed by atoms with Crippen LogP contribution in [-0.2, 0) is 9.59 Å². The van der Waals surface area contributed by atoms with Crippen molar-refractivity contribution in [2.45, 2.75) is 78.7 Å². The summed E-state index contributed by atoms with van der Waals surface area (Å²) in [7, 11) is 0. The Bertz CT molecular complexity index is 662. The number of rotatable bonds is 2. The minimum atomic E-state index is -0.340. The van der Waals surface area contributed by atoms with Gasteiger partial charge in [0.1, 0.15) is 6.29 Å². The van der Waals surface area contributed by atoms with Gasteiger partial charge in [0, 0.05) is 11.8 Å². The normalized spacial score (nSPS) is 48.3. The van der Waals surface area contributed by atoms with Gasteiger partial charge in [-0.15, -0.1) is 0 Å². The number of aldehydes is 1. The average Bonchev–Trinajstić information content (AvgIpc) is 2.94. The van der Waals surface area contributed by atoms with Gasteiger partial charge in [-0.3, -0.25) is 4.79 Å². The van der Waals surface area contributed by atoms with E-state index in [9.17, 15) is 14.7 Å². The summed E-state index contributed by atoms with van der Waals surface area (Å²) in [5.74, 6) is 1.93. The van der Waals surface area contributed by atoms with Crippen molar-refractivity contribution in [3.63, 3.8) is 0 Å². The smallest absolute Gasteiger partial charge is 0.155 e. The number of hydrogen-bond acceptors (Lipinski definition) is 3. The SMILES string of the molecule is CC(C)(C=O)[C@H]1CC[C@H]2[C@@H]3C(O)CC4=CC(=O)CC[C@]4(C)[C@H]3CC[C@]12C. The standard InChI is InChI=1S/C23H34O3/c1-21(2,13-24)19-6-5-16-20-17(8-10-23(16,19)4)22(3)9-7-15(25)11-14(22)12-18(20)26/h11,13,16-20,26H,5-10,12H2,1-4H3/t16-,17-,18?,19+,20-,22-,23-/m0/s1. The van der Waals surface area contributed by atoms with Crippen molar-refractivity contribution in [2.24, 2.45) is 39.9 Å². The van der Waals surface area contributed by atoms with Crippen LogP contribution in [0.2, 0.25) is 0 Å². The lowest BCUT2D eigenvalue weighted by Gasteiger charge is -2.60. The monoisotopic (exact) mass is 358 g/mol. The highest BCUT2D eigenvalue weighted by Crippen LogP contribution is 2.68. The maximum atomic E-state index is 12.0. The van der Waals surface area contributed by atoms with E-state index in [0.717, 1.165) is 38.4 Å². The molecule has 0 amide bonds. The van der Waals surface area contributed by atoms with Gasteiger partial charge in [0.15, 0.2) is 5.78 Å². The topological polar surface area (TPSA) is 54.4 Å². The molecular weight excluding hydrogens is 324 g/mol. The van der Waals surface area contributed by atoms with Gasteiger partial charge in [0.05, 0.1) is 6.10 Å². The van der Waals surface area contributed by atoms with E-state index in [1.165, 1.54) is 5.57 Å². The maximum Gasteiger partial charge on any atom is 0.155 e. The summed E-state index contributed by atoms with van der Waals surface area (Å²) in [4.78, 5) is 23.7. The molecule has 1 unspecified atom stereocenters. The lowest BCUT2D eigenvalue weighted by atomic mass is 9.45. The molecule has 4 aliphatic carbocycles. The first-order valence-electron chi connectivity index (χ1n) is 10.5. The van der Waals surface area contributed by atoms with Crippen molar-refractivity contribution in [2.75, 3.05) is 0 Å². The van der Waals surface area contributed by atoms with Gasteiger partial charge in [-0.25, -0.2) is 0 Å². The molecular formula is C23H34O3. The number of aliphatic hydroxyl groups is 1. The number of carbonyl (C=O) groups is 2. The number of aliphatic hydroxyl groups excluding tert-OH is 1. The zero-order valence-electron chi connectivity index (χ0n) is 16.8. The number of hydrogen-bond donors (Lipinski definition) is 1. The number of ketones is 1. The van der Waals surface area contributed by atoms with Crippen molar-refractivity contribution in [3.8, 4) is 0 Å². The lowest BCUT2D eigenvalue weighted by Crippen LogP contribution is -2.56. The Kier molecular flexibility index (Phi) is 4.08. The van der Waals surface area contributed by atoms with Crippen molar-refractivity contribution < 1.29 is 14.7 Å². The molecule has 0 aromatic rings. The van der Waals surface area contributed by atoms with E-state index < -0.39 is 0 Å². The third kappa shape index (κ3) is 2.35. The summed E-state index contributed by atoms with van der Waals surface area (Å²) in [5.41, 5.74) is 1.14. The van der Waals surface area contributed by atoms with Crippen LogP contribution in [0.5, 0.6) is 0 Å². The molecule has 0 aliphatic heterocycles. The molecule has 4 rings (SSSR count). The second kappa shape index (κ2) is 5.77. The fraction of sp³-hybridized carbons (Fsp3) is 0.826. The van der Waals surface area contributed by atoms with Gasteiger partial charge >= 0.3 is 0 Å². The summed E-state index contributed by atoms with van der Waals surface area (Å²) in [6.07, 6.45) is 9.41. The molecule has 3 nitrogen and oxygen atoms in total. The Labute approximate surface area is 157 Å². The van der Waals surface area contributed by atoms with Crippen LogP contribution in [0, 0.1) is 39.9 Å². The summed E-state index contributed by atoms with van der Waals surface area (Å²) in [6.45, 7) is 8.92. The van der Waals surface area contributed by atoms with E-state index in [1.807, 2.05) is 6.08 Å². The van der Waals surface area contributed by atoms with Gasteiger partial charge in [0.2, 0.25) is 0 Å². The quantitative estimate of drug-likeness (QED) is 0.748. The van der Waals surface area contributed by atoms with Crippen LogP contribution in [0.25, 0.3) is 0 Å². The number of fused-ring (bicyclic) bond motifs is 5. The zero-order valence-corrected chi connectivity index (χ0v) is 16.8. The van der Waals surface area contributed by atoms with Gasteiger partial charge in [-0.2, -0.15) is 0 Å². The number of carbonyl (C=O) groups excluding carboxylic acids is 2. The van der Waals surface area contributed by atoms with E-state index in [4.69, 9.17) is 0 Å². The third-order valence-electron chi connectivity index (χ3n) is 9.19. The summed E-state index contributed by atoms with van der Waals surface area (Å²) in [5, 5.41) is 11.1. The van der Waals surface area contributed by atoms with Crippen LogP contribution < -0.4 is 0 Å². The Balaban J connectivity index is 1.70. The van der Waals surface area contributed by atoms with Gasteiger partial charge in [-0.05, 0) is 79.1 Å². The van der Waals surface area contributed by atoms with Crippen LogP contribution >= 0.6 is 0 Å². The Morgan fingerprint density at radius 2 is 1.88 bits per heavy atom. The molecule has 144 valence electrons. The highest BCUT2D eigenvalue weighted by molar-refractivity contribution is 5.91. The predicted molar refractivity (Wildman–Crippen MR) is 101 cm³/mol. The molecule has 4 aliphatic rings. The molecule has 0 radical (unpaired) electrons. The molecule has 0 spiro atoms. The van der Waals surface area contributed by atoms with E-state index in [0.29, 0.717) is 36.5 Å². The zero-order chi connectivity index (χ0) is 18.9. The van der Waals surface area contributed by atoms with Crippen molar-refractivity contribution in [1.29, 1.82) is 0 Å². The molecule has 0 saturated heterocycles.